The van der Waals surface area contributed by atoms with Crippen LogP contribution in [0.3, 0.4) is 0 Å². The highest BCUT2D eigenvalue weighted by atomic mass is 127. The molecular formula is C11H19I. The molecule has 1 aliphatic rings. The van der Waals surface area contributed by atoms with E-state index in [0.717, 1.165) is 5.92 Å². The van der Waals surface area contributed by atoms with Crippen LogP contribution in [-0.2, 0) is 0 Å². The van der Waals surface area contributed by atoms with Crippen LogP contribution in [0.2, 0.25) is 0 Å². The van der Waals surface area contributed by atoms with E-state index in [1.165, 1.54) is 23.7 Å². The summed E-state index contributed by atoms with van der Waals surface area (Å²) in [6.45, 7) is 7.10. The Morgan fingerprint density at radius 1 is 1.58 bits per heavy atom. The largest absolute Gasteiger partial charge is 0.0858 e. The molecule has 1 unspecified atom stereocenters. The summed E-state index contributed by atoms with van der Waals surface area (Å²) in [5.41, 5.74) is 2.21. The van der Waals surface area contributed by atoms with Crippen molar-refractivity contribution in [3.8, 4) is 0 Å². The summed E-state index contributed by atoms with van der Waals surface area (Å²) in [6.07, 6.45) is 6.45. The molecule has 1 aliphatic carbocycles. The SMILES string of the molecule is CC1CCC=C1CC(C)(C)CI. The van der Waals surface area contributed by atoms with Crippen LogP contribution in [0.4, 0.5) is 0 Å². The molecule has 0 bridgehead atoms. The van der Waals surface area contributed by atoms with Crippen LogP contribution >= 0.6 is 22.6 Å². The summed E-state index contributed by atoms with van der Waals surface area (Å²) >= 11 is 2.50. The van der Waals surface area contributed by atoms with E-state index in [9.17, 15) is 0 Å². The molecule has 1 rings (SSSR count). The Bertz CT molecular complexity index is 179. The van der Waals surface area contributed by atoms with E-state index in [1.807, 2.05) is 0 Å². The molecule has 1 heteroatoms. The molecule has 0 saturated heterocycles. The third-order valence-corrected chi connectivity index (χ3v) is 4.75. The van der Waals surface area contributed by atoms with E-state index in [-0.39, 0.29) is 0 Å². The summed E-state index contributed by atoms with van der Waals surface area (Å²) < 4.78 is 1.26. The smallest absolute Gasteiger partial charge is 0.00497 e. The number of hydrogen-bond acceptors (Lipinski definition) is 0. The fourth-order valence-electron chi connectivity index (χ4n) is 1.75. The molecule has 0 aliphatic heterocycles. The first-order chi connectivity index (χ1) is 5.55. The van der Waals surface area contributed by atoms with Gasteiger partial charge >= 0.3 is 0 Å². The van der Waals surface area contributed by atoms with Crippen molar-refractivity contribution in [2.75, 3.05) is 4.43 Å². The van der Waals surface area contributed by atoms with Crippen LogP contribution < -0.4 is 0 Å². The Morgan fingerprint density at radius 2 is 2.25 bits per heavy atom. The van der Waals surface area contributed by atoms with E-state index in [0.29, 0.717) is 5.41 Å². The molecule has 0 aromatic carbocycles. The lowest BCUT2D eigenvalue weighted by Crippen LogP contribution is -2.15. The van der Waals surface area contributed by atoms with E-state index >= 15 is 0 Å². The van der Waals surface area contributed by atoms with Crippen molar-refractivity contribution in [3.63, 3.8) is 0 Å². The zero-order valence-corrected chi connectivity index (χ0v) is 10.5. The topological polar surface area (TPSA) is 0 Å². The van der Waals surface area contributed by atoms with Gasteiger partial charge in [0.15, 0.2) is 0 Å². The lowest BCUT2D eigenvalue weighted by atomic mass is 9.85. The van der Waals surface area contributed by atoms with Crippen molar-refractivity contribution in [3.05, 3.63) is 11.6 Å². The van der Waals surface area contributed by atoms with Crippen LogP contribution in [0, 0.1) is 11.3 Å². The van der Waals surface area contributed by atoms with Gasteiger partial charge in [0.2, 0.25) is 0 Å². The first kappa shape index (κ1) is 10.6. The molecule has 0 aromatic heterocycles. The lowest BCUT2D eigenvalue weighted by molar-refractivity contribution is 0.409. The molecular weight excluding hydrogens is 259 g/mol. The van der Waals surface area contributed by atoms with Gasteiger partial charge in [0.1, 0.15) is 0 Å². The minimum absolute atomic E-state index is 0.505. The highest BCUT2D eigenvalue weighted by molar-refractivity contribution is 14.1. The predicted molar refractivity (Wildman–Crippen MR) is 63.8 cm³/mol. The third-order valence-electron chi connectivity index (χ3n) is 2.68. The molecule has 0 spiro atoms. The normalized spacial score (nSPS) is 24.3. The molecule has 0 fully saturated rings. The summed E-state index contributed by atoms with van der Waals surface area (Å²) in [4.78, 5) is 0. The Kier molecular flexibility index (Phi) is 3.62. The number of hydrogen-bond donors (Lipinski definition) is 0. The van der Waals surface area contributed by atoms with Gasteiger partial charge in [-0.25, -0.2) is 0 Å². The van der Waals surface area contributed by atoms with Gasteiger partial charge in [-0.15, -0.1) is 0 Å². The fourth-order valence-corrected chi connectivity index (χ4v) is 2.02. The first-order valence-corrected chi connectivity index (χ1v) is 6.32. The van der Waals surface area contributed by atoms with Crippen molar-refractivity contribution in [1.82, 2.24) is 0 Å². The fraction of sp³-hybridized carbons (Fsp3) is 0.818. The van der Waals surface area contributed by atoms with Gasteiger partial charge in [0.25, 0.3) is 0 Å². The van der Waals surface area contributed by atoms with Crippen LogP contribution in [0.15, 0.2) is 11.6 Å². The maximum atomic E-state index is 2.50. The molecule has 0 saturated carbocycles. The van der Waals surface area contributed by atoms with Crippen molar-refractivity contribution in [1.29, 1.82) is 0 Å². The van der Waals surface area contributed by atoms with E-state index in [2.05, 4.69) is 49.4 Å². The van der Waals surface area contributed by atoms with Crippen molar-refractivity contribution < 1.29 is 0 Å². The standard InChI is InChI=1S/C11H19I/c1-9-5-4-6-10(9)7-11(2,3)8-12/h6,9H,4-5,7-8H2,1-3H3. The molecule has 1 atom stereocenters. The van der Waals surface area contributed by atoms with Gasteiger partial charge in [-0.2, -0.15) is 0 Å². The summed E-state index contributed by atoms with van der Waals surface area (Å²) in [6, 6.07) is 0. The van der Waals surface area contributed by atoms with E-state index in [4.69, 9.17) is 0 Å². The van der Waals surface area contributed by atoms with Gasteiger partial charge in [0.05, 0.1) is 0 Å². The van der Waals surface area contributed by atoms with Crippen LogP contribution in [0.5, 0.6) is 0 Å². The zero-order chi connectivity index (χ0) is 9.19. The average Bonchev–Trinajstić information content (AvgIpc) is 2.36. The minimum Gasteiger partial charge on any atom is -0.0858 e. The Labute approximate surface area is 90.0 Å². The minimum atomic E-state index is 0.505. The average molecular weight is 278 g/mol. The van der Waals surface area contributed by atoms with E-state index < -0.39 is 0 Å². The molecule has 0 heterocycles. The molecule has 0 amide bonds. The van der Waals surface area contributed by atoms with Crippen LogP contribution in [0.25, 0.3) is 0 Å². The Morgan fingerprint density at radius 3 is 2.67 bits per heavy atom. The highest BCUT2D eigenvalue weighted by Crippen LogP contribution is 2.35. The van der Waals surface area contributed by atoms with Gasteiger partial charge in [-0.3, -0.25) is 0 Å². The molecule has 0 aromatic rings. The molecule has 0 nitrogen and oxygen atoms in total. The maximum absolute atomic E-state index is 2.50. The van der Waals surface area contributed by atoms with Crippen LogP contribution in [0.1, 0.15) is 40.0 Å². The summed E-state index contributed by atoms with van der Waals surface area (Å²) in [5.74, 6) is 0.854. The molecule has 12 heavy (non-hydrogen) atoms. The number of allylic oxidation sites excluding steroid dienone is 2. The number of halogens is 1. The van der Waals surface area contributed by atoms with Gasteiger partial charge in [0, 0.05) is 4.43 Å². The van der Waals surface area contributed by atoms with Gasteiger partial charge < -0.3 is 0 Å². The second-order valence-electron chi connectivity index (χ2n) is 4.73. The van der Waals surface area contributed by atoms with E-state index in [1.54, 1.807) is 5.57 Å². The number of rotatable bonds is 3. The first-order valence-electron chi connectivity index (χ1n) is 4.80. The monoisotopic (exact) mass is 278 g/mol. The van der Waals surface area contributed by atoms with Crippen molar-refractivity contribution in [2.24, 2.45) is 11.3 Å². The lowest BCUT2D eigenvalue weighted by Gasteiger charge is -2.24. The zero-order valence-electron chi connectivity index (χ0n) is 8.36. The quantitative estimate of drug-likeness (QED) is 0.412. The summed E-state index contributed by atoms with van der Waals surface area (Å²) in [7, 11) is 0. The molecule has 70 valence electrons. The van der Waals surface area contributed by atoms with Gasteiger partial charge in [-0.05, 0) is 30.6 Å². The third kappa shape index (κ3) is 2.75. The second kappa shape index (κ2) is 4.12. The Hall–Kier alpha value is 0.470. The Balaban J connectivity index is 2.50. The molecule has 0 N–H and O–H groups in total. The second-order valence-corrected chi connectivity index (χ2v) is 5.49. The summed E-state index contributed by atoms with van der Waals surface area (Å²) in [5, 5.41) is 0. The van der Waals surface area contributed by atoms with Gasteiger partial charge in [-0.1, -0.05) is 55.0 Å². The molecule has 0 radical (unpaired) electrons. The van der Waals surface area contributed by atoms with Crippen LogP contribution in [-0.4, -0.2) is 4.43 Å². The van der Waals surface area contributed by atoms with Crippen molar-refractivity contribution in [2.45, 2.75) is 40.0 Å². The number of alkyl halides is 1. The maximum Gasteiger partial charge on any atom is 0.00497 e. The highest BCUT2D eigenvalue weighted by Gasteiger charge is 2.22. The van der Waals surface area contributed by atoms with Crippen molar-refractivity contribution >= 4 is 22.6 Å². The predicted octanol–water partition coefficient (Wildman–Crippen LogP) is 4.19.